The van der Waals surface area contributed by atoms with Crippen molar-refractivity contribution in [1.29, 1.82) is 5.26 Å². The first kappa shape index (κ1) is 17.4. The molecule has 28 heavy (non-hydrogen) atoms. The van der Waals surface area contributed by atoms with Crippen molar-refractivity contribution in [3.05, 3.63) is 90.3 Å². The predicted octanol–water partition coefficient (Wildman–Crippen LogP) is 3.95. The van der Waals surface area contributed by atoms with Crippen LogP contribution in [0.25, 0.3) is 16.9 Å². The minimum absolute atomic E-state index is 0.259. The Kier molecular flexibility index (Phi) is 4.76. The van der Waals surface area contributed by atoms with Gasteiger partial charge in [-0.25, -0.2) is 19.0 Å². The van der Waals surface area contributed by atoms with Crippen molar-refractivity contribution in [2.24, 2.45) is 0 Å². The van der Waals surface area contributed by atoms with Crippen LogP contribution in [0.2, 0.25) is 0 Å². The van der Waals surface area contributed by atoms with Crippen LogP contribution < -0.4 is 5.32 Å². The molecule has 4 rings (SSSR count). The lowest BCUT2D eigenvalue weighted by atomic mass is 10.1. The fraction of sp³-hybridized carbons (Fsp3) is 0.0476. The number of rotatable bonds is 5. The van der Waals surface area contributed by atoms with Crippen molar-refractivity contribution < 1.29 is 4.39 Å². The molecule has 2 aromatic carbocycles. The number of nitrogens with one attached hydrogen (secondary N) is 1. The monoisotopic (exact) mass is 370 g/mol. The molecule has 0 aliphatic carbocycles. The van der Waals surface area contributed by atoms with E-state index >= 15 is 0 Å². The highest BCUT2D eigenvalue weighted by atomic mass is 19.1. The van der Waals surface area contributed by atoms with Crippen LogP contribution in [0.15, 0.2) is 73.2 Å². The minimum Gasteiger partial charge on any atom is -0.365 e. The van der Waals surface area contributed by atoms with E-state index in [0.717, 1.165) is 22.5 Å². The molecule has 0 aliphatic heterocycles. The summed E-state index contributed by atoms with van der Waals surface area (Å²) in [6.07, 6.45) is 4.85. The average molecular weight is 370 g/mol. The van der Waals surface area contributed by atoms with E-state index in [1.165, 1.54) is 24.5 Å². The molecule has 0 unspecified atom stereocenters. The lowest BCUT2D eigenvalue weighted by molar-refractivity contribution is 0.628. The van der Waals surface area contributed by atoms with Crippen molar-refractivity contribution in [2.75, 3.05) is 5.32 Å². The first-order valence-corrected chi connectivity index (χ1v) is 8.59. The number of nitriles is 1. The zero-order chi connectivity index (χ0) is 19.3. The molecule has 0 saturated carbocycles. The molecule has 0 spiro atoms. The van der Waals surface area contributed by atoms with Crippen molar-refractivity contribution in [3.8, 4) is 23.0 Å². The van der Waals surface area contributed by atoms with Crippen LogP contribution in [-0.4, -0.2) is 19.7 Å². The SMILES string of the molecule is N#Cc1cnc(NCc2cn(-c3ccccc3)nc2-c2ccc(F)cc2)cn1. The van der Waals surface area contributed by atoms with Crippen molar-refractivity contribution in [3.63, 3.8) is 0 Å². The molecule has 6 nitrogen and oxygen atoms in total. The van der Waals surface area contributed by atoms with Crippen molar-refractivity contribution >= 4 is 5.82 Å². The average Bonchev–Trinajstić information content (AvgIpc) is 3.18. The minimum atomic E-state index is -0.293. The number of aromatic nitrogens is 4. The first-order valence-electron chi connectivity index (χ1n) is 8.59. The number of hydrogen-bond acceptors (Lipinski definition) is 5. The molecule has 0 bridgehead atoms. The van der Waals surface area contributed by atoms with Gasteiger partial charge in [-0.2, -0.15) is 10.4 Å². The molecule has 136 valence electrons. The van der Waals surface area contributed by atoms with Gasteiger partial charge in [-0.1, -0.05) is 18.2 Å². The fourth-order valence-corrected chi connectivity index (χ4v) is 2.77. The molecule has 4 aromatic rings. The number of anilines is 1. The Morgan fingerprint density at radius 3 is 2.46 bits per heavy atom. The Hall–Kier alpha value is -4.05. The van der Waals surface area contributed by atoms with Crippen LogP contribution in [0.5, 0.6) is 0 Å². The number of halogens is 1. The lowest BCUT2D eigenvalue weighted by Gasteiger charge is -2.05. The van der Waals surface area contributed by atoms with E-state index in [2.05, 4.69) is 15.3 Å². The van der Waals surface area contributed by atoms with Gasteiger partial charge >= 0.3 is 0 Å². The zero-order valence-corrected chi connectivity index (χ0v) is 14.7. The third-order valence-corrected chi connectivity index (χ3v) is 4.15. The second-order valence-corrected chi connectivity index (χ2v) is 6.04. The van der Waals surface area contributed by atoms with Gasteiger partial charge in [0.2, 0.25) is 0 Å². The van der Waals surface area contributed by atoms with Gasteiger partial charge in [-0.3, -0.25) is 0 Å². The van der Waals surface area contributed by atoms with Crippen LogP contribution in [0.4, 0.5) is 10.2 Å². The van der Waals surface area contributed by atoms with E-state index < -0.39 is 0 Å². The largest absolute Gasteiger partial charge is 0.365 e. The molecule has 0 radical (unpaired) electrons. The Morgan fingerprint density at radius 1 is 1.00 bits per heavy atom. The molecule has 2 aromatic heterocycles. The van der Waals surface area contributed by atoms with E-state index in [1.807, 2.05) is 42.6 Å². The van der Waals surface area contributed by atoms with Gasteiger partial charge < -0.3 is 5.32 Å². The number of hydrogen-bond donors (Lipinski definition) is 1. The number of nitrogens with zero attached hydrogens (tertiary/aromatic N) is 5. The molecule has 7 heteroatoms. The van der Waals surface area contributed by atoms with E-state index in [9.17, 15) is 4.39 Å². The number of benzene rings is 2. The van der Waals surface area contributed by atoms with Gasteiger partial charge in [-0.15, -0.1) is 0 Å². The third kappa shape index (κ3) is 3.71. The maximum atomic E-state index is 13.3. The second-order valence-electron chi connectivity index (χ2n) is 6.04. The highest BCUT2D eigenvalue weighted by Gasteiger charge is 2.13. The van der Waals surface area contributed by atoms with Crippen molar-refractivity contribution in [1.82, 2.24) is 19.7 Å². The molecule has 1 N–H and O–H groups in total. The molecule has 2 heterocycles. The summed E-state index contributed by atoms with van der Waals surface area (Å²) < 4.78 is 15.1. The lowest BCUT2D eigenvalue weighted by Crippen LogP contribution is -2.02. The molecule has 0 aliphatic rings. The summed E-state index contributed by atoms with van der Waals surface area (Å²) in [4.78, 5) is 8.17. The summed E-state index contributed by atoms with van der Waals surface area (Å²) in [5.41, 5.74) is 3.67. The van der Waals surface area contributed by atoms with Gasteiger partial charge in [-0.05, 0) is 36.4 Å². The Labute approximate surface area is 160 Å². The van der Waals surface area contributed by atoms with E-state index in [0.29, 0.717) is 12.4 Å². The predicted molar refractivity (Wildman–Crippen MR) is 103 cm³/mol. The van der Waals surface area contributed by atoms with Gasteiger partial charge in [0.05, 0.1) is 23.8 Å². The van der Waals surface area contributed by atoms with E-state index in [4.69, 9.17) is 10.4 Å². The van der Waals surface area contributed by atoms with E-state index in [1.54, 1.807) is 16.8 Å². The Bertz CT molecular complexity index is 1110. The number of para-hydroxylation sites is 1. The van der Waals surface area contributed by atoms with Gasteiger partial charge in [0.1, 0.15) is 17.7 Å². The maximum Gasteiger partial charge on any atom is 0.158 e. The quantitative estimate of drug-likeness (QED) is 0.575. The topological polar surface area (TPSA) is 79.4 Å². The highest BCUT2D eigenvalue weighted by molar-refractivity contribution is 5.63. The van der Waals surface area contributed by atoms with Crippen LogP contribution in [-0.2, 0) is 6.54 Å². The van der Waals surface area contributed by atoms with Gasteiger partial charge in [0.15, 0.2) is 5.69 Å². The molecule has 0 saturated heterocycles. The summed E-state index contributed by atoms with van der Waals surface area (Å²) in [5, 5.41) is 16.7. The standard InChI is InChI=1S/C21H15FN6/c22-17-8-6-15(7-9-17)21-16(11-25-20-13-24-18(10-23)12-26-20)14-28(27-21)19-4-2-1-3-5-19/h1-9,12-14H,11H2,(H,25,26). The van der Waals surface area contributed by atoms with Gasteiger partial charge in [0.25, 0.3) is 0 Å². The summed E-state index contributed by atoms with van der Waals surface area (Å²) in [5.74, 6) is 0.260. The van der Waals surface area contributed by atoms with Crippen LogP contribution in [0.1, 0.15) is 11.3 Å². The fourth-order valence-electron chi connectivity index (χ4n) is 2.77. The maximum absolute atomic E-state index is 13.3. The third-order valence-electron chi connectivity index (χ3n) is 4.15. The Balaban J connectivity index is 1.66. The highest BCUT2D eigenvalue weighted by Crippen LogP contribution is 2.24. The molecule has 0 atom stereocenters. The van der Waals surface area contributed by atoms with Crippen LogP contribution >= 0.6 is 0 Å². The first-order chi connectivity index (χ1) is 13.7. The summed E-state index contributed by atoms with van der Waals surface area (Å²) in [7, 11) is 0. The molecule has 0 fully saturated rings. The van der Waals surface area contributed by atoms with Gasteiger partial charge in [0, 0.05) is 23.9 Å². The van der Waals surface area contributed by atoms with E-state index in [-0.39, 0.29) is 11.5 Å². The van der Waals surface area contributed by atoms with Crippen molar-refractivity contribution in [2.45, 2.75) is 6.54 Å². The second kappa shape index (κ2) is 7.68. The van der Waals surface area contributed by atoms with Crippen LogP contribution in [0, 0.1) is 17.1 Å². The van der Waals surface area contributed by atoms with Crippen LogP contribution in [0.3, 0.4) is 0 Å². The smallest absolute Gasteiger partial charge is 0.158 e. The Morgan fingerprint density at radius 2 is 1.79 bits per heavy atom. The summed E-state index contributed by atoms with van der Waals surface area (Å²) in [6, 6.07) is 17.9. The summed E-state index contributed by atoms with van der Waals surface area (Å²) >= 11 is 0. The molecular weight excluding hydrogens is 355 g/mol. The zero-order valence-electron chi connectivity index (χ0n) is 14.7. The molecule has 0 amide bonds. The molecular formula is C21H15FN6. The normalized spacial score (nSPS) is 10.4. The summed E-state index contributed by atoms with van der Waals surface area (Å²) in [6.45, 7) is 0.445.